The van der Waals surface area contributed by atoms with E-state index in [0.29, 0.717) is 0 Å². The molecule has 0 aliphatic carbocycles. The summed E-state index contributed by atoms with van der Waals surface area (Å²) in [4.78, 5) is 0. The van der Waals surface area contributed by atoms with E-state index in [4.69, 9.17) is 15.3 Å². The number of hydrogen-bond donors (Lipinski definition) is 3. The molecule has 0 amide bonds. The third-order valence-electron chi connectivity index (χ3n) is 0.993. The predicted octanol–water partition coefficient (Wildman–Crippen LogP) is 1.83. The maximum absolute atomic E-state index is 8.71. The molecule has 1 rings (SSSR count). The van der Waals surface area contributed by atoms with E-state index >= 15 is 0 Å². The third kappa shape index (κ3) is 2.37. The third-order valence-corrected chi connectivity index (χ3v) is 0.993. The van der Waals surface area contributed by atoms with E-state index in [1.165, 1.54) is 18.2 Å². The van der Waals surface area contributed by atoms with Crippen LogP contribution in [0.4, 0.5) is 0 Å². The first kappa shape index (κ1) is 9.62. The highest BCUT2D eigenvalue weighted by atomic mass is 16.3. The average Bonchev–Trinajstić information content (AvgIpc) is 2.04. The van der Waals surface area contributed by atoms with E-state index in [1.54, 1.807) is 0 Å². The molecule has 0 saturated heterocycles. The minimum Gasteiger partial charge on any atom is -0.504 e. The van der Waals surface area contributed by atoms with Gasteiger partial charge in [-0.1, -0.05) is 19.9 Å². The summed E-state index contributed by atoms with van der Waals surface area (Å²) in [5.74, 6) is -1.09. The van der Waals surface area contributed by atoms with E-state index in [1.807, 2.05) is 13.8 Å². The fraction of sp³-hybridized carbons (Fsp3) is 0.250. The molecule has 0 heterocycles. The summed E-state index contributed by atoms with van der Waals surface area (Å²) < 4.78 is 0. The van der Waals surface area contributed by atoms with Crippen molar-refractivity contribution in [3.8, 4) is 17.2 Å². The van der Waals surface area contributed by atoms with Crippen LogP contribution in [-0.2, 0) is 0 Å². The first-order valence-corrected chi connectivity index (χ1v) is 3.41. The molecule has 11 heavy (non-hydrogen) atoms. The van der Waals surface area contributed by atoms with Crippen molar-refractivity contribution in [3.63, 3.8) is 0 Å². The molecular formula is C8H12O3. The van der Waals surface area contributed by atoms with Gasteiger partial charge in [0.15, 0.2) is 17.2 Å². The summed E-state index contributed by atoms with van der Waals surface area (Å²) in [5.41, 5.74) is 0. The minimum absolute atomic E-state index is 0.310. The number of phenolic OH excluding ortho intramolecular Hbond substituents is 3. The summed E-state index contributed by atoms with van der Waals surface area (Å²) in [7, 11) is 0. The molecule has 62 valence electrons. The Morgan fingerprint density at radius 1 is 0.909 bits per heavy atom. The lowest BCUT2D eigenvalue weighted by atomic mass is 10.3. The SMILES string of the molecule is CC.Oc1cccc(O)c1O. The number of phenols is 3. The van der Waals surface area contributed by atoms with Crippen molar-refractivity contribution in [2.75, 3.05) is 0 Å². The number of benzene rings is 1. The number of rotatable bonds is 0. The molecule has 0 atom stereocenters. The Hall–Kier alpha value is -1.38. The summed E-state index contributed by atoms with van der Waals surface area (Å²) in [6.07, 6.45) is 0. The van der Waals surface area contributed by atoms with E-state index < -0.39 is 5.75 Å². The highest BCUT2D eigenvalue weighted by Crippen LogP contribution is 2.32. The normalized spacial score (nSPS) is 8.18. The molecule has 3 nitrogen and oxygen atoms in total. The molecule has 0 saturated carbocycles. The van der Waals surface area contributed by atoms with Crippen LogP contribution in [0.5, 0.6) is 17.2 Å². The standard InChI is InChI=1S/C6H6O3.C2H6/c7-4-2-1-3-5(8)6(4)9;1-2/h1-3,7-9H;1-2H3. The average molecular weight is 156 g/mol. The molecular weight excluding hydrogens is 144 g/mol. The smallest absolute Gasteiger partial charge is 0.200 e. The Morgan fingerprint density at radius 2 is 1.27 bits per heavy atom. The van der Waals surface area contributed by atoms with E-state index in [2.05, 4.69) is 0 Å². The molecule has 3 heteroatoms. The molecule has 0 radical (unpaired) electrons. The van der Waals surface area contributed by atoms with Crippen LogP contribution in [0.15, 0.2) is 18.2 Å². The van der Waals surface area contributed by atoms with Gasteiger partial charge in [-0.15, -0.1) is 0 Å². The predicted molar refractivity (Wildman–Crippen MR) is 42.8 cm³/mol. The summed E-state index contributed by atoms with van der Waals surface area (Å²) >= 11 is 0. The zero-order valence-electron chi connectivity index (χ0n) is 6.57. The van der Waals surface area contributed by atoms with Gasteiger partial charge >= 0.3 is 0 Å². The van der Waals surface area contributed by atoms with Crippen LogP contribution >= 0.6 is 0 Å². The van der Waals surface area contributed by atoms with Crippen molar-refractivity contribution in [2.24, 2.45) is 0 Å². The van der Waals surface area contributed by atoms with Gasteiger partial charge in [-0.3, -0.25) is 0 Å². The zero-order valence-corrected chi connectivity index (χ0v) is 6.57. The molecule has 3 N–H and O–H groups in total. The monoisotopic (exact) mass is 156 g/mol. The summed E-state index contributed by atoms with van der Waals surface area (Å²) in [6.45, 7) is 4.00. The second-order valence-electron chi connectivity index (χ2n) is 1.64. The molecule has 0 bridgehead atoms. The van der Waals surface area contributed by atoms with E-state index in [0.717, 1.165) is 0 Å². The Bertz CT molecular complexity index is 200. The number of para-hydroxylation sites is 1. The van der Waals surface area contributed by atoms with Crippen LogP contribution in [0, 0.1) is 0 Å². The van der Waals surface area contributed by atoms with Crippen molar-refractivity contribution < 1.29 is 15.3 Å². The highest BCUT2D eigenvalue weighted by molar-refractivity contribution is 5.47. The fourth-order valence-electron chi connectivity index (χ4n) is 0.519. The Balaban J connectivity index is 0.000000461. The molecule has 0 unspecified atom stereocenters. The van der Waals surface area contributed by atoms with Gasteiger partial charge in [-0.25, -0.2) is 0 Å². The Kier molecular flexibility index (Phi) is 3.88. The Labute approximate surface area is 65.5 Å². The second kappa shape index (κ2) is 4.44. The van der Waals surface area contributed by atoms with Crippen LogP contribution in [0.3, 0.4) is 0 Å². The fourth-order valence-corrected chi connectivity index (χ4v) is 0.519. The lowest BCUT2D eigenvalue weighted by Crippen LogP contribution is -1.67. The van der Waals surface area contributed by atoms with Gasteiger partial charge in [-0.05, 0) is 12.1 Å². The molecule has 0 aromatic heterocycles. The number of aromatic hydroxyl groups is 3. The van der Waals surface area contributed by atoms with Gasteiger partial charge in [0.25, 0.3) is 0 Å². The molecule has 1 aromatic rings. The van der Waals surface area contributed by atoms with E-state index in [-0.39, 0.29) is 11.5 Å². The van der Waals surface area contributed by atoms with Gasteiger partial charge in [0.2, 0.25) is 0 Å². The Morgan fingerprint density at radius 3 is 1.55 bits per heavy atom. The van der Waals surface area contributed by atoms with Crippen molar-refractivity contribution >= 4 is 0 Å². The van der Waals surface area contributed by atoms with Crippen LogP contribution in [0.25, 0.3) is 0 Å². The van der Waals surface area contributed by atoms with Crippen LogP contribution in [0.1, 0.15) is 13.8 Å². The lowest BCUT2D eigenvalue weighted by molar-refractivity contribution is 0.368. The largest absolute Gasteiger partial charge is 0.504 e. The van der Waals surface area contributed by atoms with Gasteiger partial charge in [-0.2, -0.15) is 0 Å². The van der Waals surface area contributed by atoms with Gasteiger partial charge < -0.3 is 15.3 Å². The first-order valence-electron chi connectivity index (χ1n) is 3.41. The maximum atomic E-state index is 8.71. The second-order valence-corrected chi connectivity index (χ2v) is 1.64. The molecule has 0 spiro atoms. The van der Waals surface area contributed by atoms with Crippen molar-refractivity contribution in [3.05, 3.63) is 18.2 Å². The minimum atomic E-state index is -0.475. The van der Waals surface area contributed by atoms with Crippen molar-refractivity contribution in [2.45, 2.75) is 13.8 Å². The molecule has 1 aromatic carbocycles. The first-order chi connectivity index (χ1) is 5.22. The summed E-state index contributed by atoms with van der Waals surface area (Å²) in [6, 6.07) is 4.01. The molecule has 0 aliphatic heterocycles. The maximum Gasteiger partial charge on any atom is 0.200 e. The van der Waals surface area contributed by atoms with Gasteiger partial charge in [0.1, 0.15) is 0 Å². The molecule has 0 aliphatic rings. The quantitative estimate of drug-likeness (QED) is 0.502. The van der Waals surface area contributed by atoms with Gasteiger partial charge in [0, 0.05) is 0 Å². The lowest BCUT2D eigenvalue weighted by Gasteiger charge is -1.96. The topological polar surface area (TPSA) is 60.7 Å². The molecule has 0 fully saturated rings. The van der Waals surface area contributed by atoms with Gasteiger partial charge in [0.05, 0.1) is 0 Å². The van der Waals surface area contributed by atoms with E-state index in [9.17, 15) is 0 Å². The van der Waals surface area contributed by atoms with Crippen LogP contribution < -0.4 is 0 Å². The van der Waals surface area contributed by atoms with Crippen molar-refractivity contribution in [1.29, 1.82) is 0 Å². The highest BCUT2D eigenvalue weighted by Gasteiger charge is 2.00. The van der Waals surface area contributed by atoms with Crippen molar-refractivity contribution in [1.82, 2.24) is 0 Å². The summed E-state index contributed by atoms with van der Waals surface area (Å²) in [5, 5.41) is 26.1. The number of hydrogen-bond acceptors (Lipinski definition) is 3. The van der Waals surface area contributed by atoms with Crippen LogP contribution in [0.2, 0.25) is 0 Å². The zero-order chi connectivity index (χ0) is 8.85. The van der Waals surface area contributed by atoms with Crippen LogP contribution in [-0.4, -0.2) is 15.3 Å².